The van der Waals surface area contributed by atoms with E-state index in [1.165, 1.54) is 0 Å². The van der Waals surface area contributed by atoms with E-state index in [2.05, 4.69) is 15.9 Å². The number of alkyl halides is 1. The van der Waals surface area contributed by atoms with Crippen LogP contribution in [0.1, 0.15) is 25.6 Å². The van der Waals surface area contributed by atoms with Crippen LogP contribution in [-0.2, 0) is 0 Å². The topological polar surface area (TPSA) is 26.0 Å². The van der Waals surface area contributed by atoms with Gasteiger partial charge in [0.1, 0.15) is 6.17 Å². The average Bonchev–Trinajstić information content (AvgIpc) is 2.16. The van der Waals surface area contributed by atoms with Crippen molar-refractivity contribution < 1.29 is 4.39 Å². The zero-order chi connectivity index (χ0) is 10.8. The number of halogens is 2. The predicted octanol–water partition coefficient (Wildman–Crippen LogP) is 3.44. The molecule has 2 N–H and O–H groups in total. The number of hydrogen-bond acceptors (Lipinski definition) is 1. The Morgan fingerprint density at radius 2 is 2.14 bits per heavy atom. The molecule has 78 valence electrons. The Kier molecular flexibility index (Phi) is 3.67. The summed E-state index contributed by atoms with van der Waals surface area (Å²) in [7, 11) is 0. The molecule has 1 aromatic rings. The molecule has 1 unspecified atom stereocenters. The summed E-state index contributed by atoms with van der Waals surface area (Å²) in [6.07, 6.45) is -1.02. The number of nitrogens with two attached hydrogens (primary N) is 1. The maximum absolute atomic E-state index is 14.0. The SMILES string of the molecule is CC(C)(CN)C(F)c1cccc(Br)c1. The zero-order valence-electron chi connectivity index (χ0n) is 8.43. The van der Waals surface area contributed by atoms with Crippen molar-refractivity contribution in [3.05, 3.63) is 34.3 Å². The summed E-state index contributed by atoms with van der Waals surface area (Å²) in [5.41, 5.74) is 5.69. The van der Waals surface area contributed by atoms with E-state index in [9.17, 15) is 4.39 Å². The van der Waals surface area contributed by atoms with Gasteiger partial charge >= 0.3 is 0 Å². The molecule has 0 bridgehead atoms. The summed E-state index contributed by atoms with van der Waals surface area (Å²) in [6, 6.07) is 7.29. The van der Waals surface area contributed by atoms with Gasteiger partial charge in [0.05, 0.1) is 0 Å². The van der Waals surface area contributed by atoms with Gasteiger partial charge < -0.3 is 5.73 Å². The molecule has 1 atom stereocenters. The molecule has 3 heteroatoms. The molecule has 0 heterocycles. The normalized spacial score (nSPS) is 14.1. The Labute approximate surface area is 92.6 Å². The fraction of sp³-hybridized carbons (Fsp3) is 0.455. The second-order valence-electron chi connectivity index (χ2n) is 4.11. The van der Waals surface area contributed by atoms with Crippen LogP contribution in [0.25, 0.3) is 0 Å². The molecule has 1 rings (SSSR count). The number of hydrogen-bond donors (Lipinski definition) is 1. The smallest absolute Gasteiger partial charge is 0.131 e. The van der Waals surface area contributed by atoms with E-state index in [1.807, 2.05) is 26.0 Å². The lowest BCUT2D eigenvalue weighted by molar-refractivity contribution is 0.153. The molecule has 0 aliphatic carbocycles. The van der Waals surface area contributed by atoms with Gasteiger partial charge in [-0.05, 0) is 17.7 Å². The molecule has 0 amide bonds. The number of benzene rings is 1. The third kappa shape index (κ3) is 2.55. The Hall–Kier alpha value is -0.410. The zero-order valence-corrected chi connectivity index (χ0v) is 10.0. The molecule has 1 aromatic carbocycles. The minimum absolute atomic E-state index is 0.334. The van der Waals surface area contributed by atoms with Gasteiger partial charge in [0.15, 0.2) is 0 Å². The highest BCUT2D eigenvalue weighted by molar-refractivity contribution is 9.10. The standard InChI is InChI=1S/C11H15BrFN/c1-11(2,7-14)10(13)8-4-3-5-9(12)6-8/h3-6,10H,7,14H2,1-2H3. The summed E-state index contributed by atoms with van der Waals surface area (Å²) < 4.78 is 14.9. The van der Waals surface area contributed by atoms with Crippen LogP contribution in [-0.4, -0.2) is 6.54 Å². The van der Waals surface area contributed by atoms with Crippen LogP contribution in [0.3, 0.4) is 0 Å². The first-order valence-corrected chi connectivity index (χ1v) is 5.36. The van der Waals surface area contributed by atoms with E-state index >= 15 is 0 Å². The van der Waals surface area contributed by atoms with Gasteiger partial charge in [0, 0.05) is 16.4 Å². The second-order valence-corrected chi connectivity index (χ2v) is 5.03. The van der Waals surface area contributed by atoms with E-state index < -0.39 is 11.6 Å². The molecular weight excluding hydrogens is 245 g/mol. The molecule has 0 saturated carbocycles. The maximum atomic E-state index is 14.0. The monoisotopic (exact) mass is 259 g/mol. The Bertz CT molecular complexity index is 312. The third-order valence-electron chi connectivity index (χ3n) is 2.35. The van der Waals surface area contributed by atoms with Crippen LogP contribution < -0.4 is 5.73 Å². The van der Waals surface area contributed by atoms with Crippen molar-refractivity contribution in [1.29, 1.82) is 0 Å². The first-order valence-electron chi connectivity index (χ1n) is 4.57. The molecule has 0 aromatic heterocycles. The van der Waals surface area contributed by atoms with Crippen molar-refractivity contribution in [1.82, 2.24) is 0 Å². The van der Waals surface area contributed by atoms with Crippen molar-refractivity contribution in [2.45, 2.75) is 20.0 Å². The van der Waals surface area contributed by atoms with Crippen LogP contribution in [0, 0.1) is 5.41 Å². The van der Waals surface area contributed by atoms with Crippen LogP contribution >= 0.6 is 15.9 Å². The lowest BCUT2D eigenvalue weighted by Crippen LogP contribution is -2.28. The molecule has 0 fully saturated rings. The van der Waals surface area contributed by atoms with Gasteiger partial charge in [0.2, 0.25) is 0 Å². The van der Waals surface area contributed by atoms with Crippen molar-refractivity contribution in [3.8, 4) is 0 Å². The maximum Gasteiger partial charge on any atom is 0.131 e. The average molecular weight is 260 g/mol. The second kappa shape index (κ2) is 4.41. The summed E-state index contributed by atoms with van der Waals surface area (Å²) in [6.45, 7) is 4.00. The molecule has 0 saturated heterocycles. The Morgan fingerprint density at radius 1 is 1.50 bits per heavy atom. The van der Waals surface area contributed by atoms with Gasteiger partial charge in [-0.1, -0.05) is 41.9 Å². The summed E-state index contributed by atoms with van der Waals surface area (Å²) in [5, 5.41) is 0. The van der Waals surface area contributed by atoms with Gasteiger partial charge in [-0.25, -0.2) is 4.39 Å². The highest BCUT2D eigenvalue weighted by Gasteiger charge is 2.29. The molecular formula is C11H15BrFN. The summed E-state index contributed by atoms with van der Waals surface area (Å²) in [5.74, 6) is 0. The van der Waals surface area contributed by atoms with Crippen molar-refractivity contribution in [2.75, 3.05) is 6.54 Å². The van der Waals surface area contributed by atoms with Gasteiger partial charge in [-0.3, -0.25) is 0 Å². The van der Waals surface area contributed by atoms with Gasteiger partial charge in [0.25, 0.3) is 0 Å². The van der Waals surface area contributed by atoms with Gasteiger partial charge in [-0.15, -0.1) is 0 Å². The Morgan fingerprint density at radius 3 is 2.64 bits per heavy atom. The van der Waals surface area contributed by atoms with Crippen LogP contribution in [0.5, 0.6) is 0 Å². The Balaban J connectivity index is 2.94. The van der Waals surface area contributed by atoms with E-state index in [0.29, 0.717) is 12.1 Å². The van der Waals surface area contributed by atoms with Crippen LogP contribution in [0.2, 0.25) is 0 Å². The highest BCUT2D eigenvalue weighted by Crippen LogP contribution is 2.36. The van der Waals surface area contributed by atoms with Crippen molar-refractivity contribution >= 4 is 15.9 Å². The van der Waals surface area contributed by atoms with E-state index in [4.69, 9.17) is 5.73 Å². The fourth-order valence-electron chi connectivity index (χ4n) is 1.22. The van der Waals surface area contributed by atoms with E-state index in [1.54, 1.807) is 12.1 Å². The van der Waals surface area contributed by atoms with Crippen LogP contribution in [0.4, 0.5) is 4.39 Å². The van der Waals surface area contributed by atoms with E-state index in [-0.39, 0.29) is 0 Å². The lowest BCUT2D eigenvalue weighted by Gasteiger charge is -2.27. The van der Waals surface area contributed by atoms with Gasteiger partial charge in [-0.2, -0.15) is 0 Å². The molecule has 0 aliphatic rings. The molecule has 0 aliphatic heterocycles. The number of rotatable bonds is 3. The van der Waals surface area contributed by atoms with Crippen LogP contribution in [0.15, 0.2) is 28.7 Å². The molecule has 14 heavy (non-hydrogen) atoms. The largest absolute Gasteiger partial charge is 0.330 e. The summed E-state index contributed by atoms with van der Waals surface area (Å²) >= 11 is 3.32. The molecule has 1 nitrogen and oxygen atoms in total. The third-order valence-corrected chi connectivity index (χ3v) is 2.85. The quantitative estimate of drug-likeness (QED) is 0.885. The first kappa shape index (κ1) is 11.7. The molecule has 0 spiro atoms. The molecule has 0 radical (unpaired) electrons. The minimum atomic E-state index is -1.02. The highest BCUT2D eigenvalue weighted by atomic mass is 79.9. The predicted molar refractivity (Wildman–Crippen MR) is 60.8 cm³/mol. The first-order chi connectivity index (χ1) is 6.47. The van der Waals surface area contributed by atoms with Crippen molar-refractivity contribution in [2.24, 2.45) is 11.1 Å². The lowest BCUT2D eigenvalue weighted by atomic mass is 9.84. The summed E-state index contributed by atoms with van der Waals surface area (Å²) in [4.78, 5) is 0. The minimum Gasteiger partial charge on any atom is -0.330 e. The van der Waals surface area contributed by atoms with Crippen molar-refractivity contribution in [3.63, 3.8) is 0 Å². The van der Waals surface area contributed by atoms with E-state index in [0.717, 1.165) is 4.47 Å². The fourth-order valence-corrected chi connectivity index (χ4v) is 1.64.